The lowest BCUT2D eigenvalue weighted by atomic mass is 10.2. The van der Waals surface area contributed by atoms with E-state index >= 15 is 0 Å². The van der Waals surface area contributed by atoms with Crippen molar-refractivity contribution in [2.24, 2.45) is 0 Å². The number of anilines is 5. The Labute approximate surface area is 167 Å². The zero-order chi connectivity index (χ0) is 19.5. The van der Waals surface area contributed by atoms with Crippen LogP contribution in [0.2, 0.25) is 0 Å². The Morgan fingerprint density at radius 3 is 1.79 bits per heavy atom. The van der Waals surface area contributed by atoms with Gasteiger partial charge in [-0.3, -0.25) is 4.79 Å². The van der Waals surface area contributed by atoms with E-state index in [1.165, 1.54) is 6.92 Å². The van der Waals surface area contributed by atoms with Gasteiger partial charge in [0.05, 0.1) is 0 Å². The van der Waals surface area contributed by atoms with E-state index in [9.17, 15) is 4.79 Å². The molecule has 3 N–H and O–H groups in total. The molecule has 0 bridgehead atoms. The van der Waals surface area contributed by atoms with Crippen LogP contribution in [0.3, 0.4) is 0 Å². The average molecular weight is 440 g/mol. The summed E-state index contributed by atoms with van der Waals surface area (Å²) in [5, 5.41) is 16.6. The first-order valence-corrected chi connectivity index (χ1v) is 9.04. The number of rotatable bonds is 5. The van der Waals surface area contributed by atoms with Crippen LogP contribution in [0, 0.1) is 0 Å². The molecule has 4 aromatic rings. The molecule has 0 spiro atoms. The number of hydrogen-bond acceptors (Lipinski definition) is 8. The monoisotopic (exact) mass is 439 g/mol. The Kier molecular flexibility index (Phi) is 4.85. The number of nitrogens with one attached hydrogen (secondary N) is 3. The second kappa shape index (κ2) is 7.61. The minimum atomic E-state index is -0.128. The quantitative estimate of drug-likeness (QED) is 0.422. The molecular formula is C18H14BrN7O2. The minimum Gasteiger partial charge on any atom is -0.337 e. The number of carbonyl (C=O) groups is 1. The summed E-state index contributed by atoms with van der Waals surface area (Å²) in [6, 6.07) is 14.9. The van der Waals surface area contributed by atoms with Gasteiger partial charge in [-0.2, -0.15) is 0 Å². The molecule has 0 aliphatic rings. The van der Waals surface area contributed by atoms with Crippen LogP contribution in [-0.4, -0.2) is 26.2 Å². The van der Waals surface area contributed by atoms with Crippen molar-refractivity contribution in [3.05, 3.63) is 53.0 Å². The van der Waals surface area contributed by atoms with Crippen molar-refractivity contribution in [2.45, 2.75) is 6.92 Å². The van der Waals surface area contributed by atoms with Gasteiger partial charge in [-0.25, -0.2) is 14.6 Å². The summed E-state index contributed by atoms with van der Waals surface area (Å²) in [4.78, 5) is 20.0. The standard InChI is InChI=1S/C18H14BrN7O2/c1-10(27)20-12-6-8-14(9-7-12)22-16-15(21-13-4-2-11(19)3-5-13)23-17-18(24-16)26-28-25-17/h2-9H,1H3,(H,20,27)(H,21,23,25)(H,22,24,26). The number of benzene rings is 2. The largest absolute Gasteiger partial charge is 0.337 e. The van der Waals surface area contributed by atoms with Gasteiger partial charge in [0.25, 0.3) is 0 Å². The lowest BCUT2D eigenvalue weighted by molar-refractivity contribution is -0.114. The second-order valence-corrected chi connectivity index (χ2v) is 6.76. The minimum absolute atomic E-state index is 0.128. The number of nitrogens with zero attached hydrogens (tertiary/aromatic N) is 4. The van der Waals surface area contributed by atoms with E-state index in [0.29, 0.717) is 28.6 Å². The zero-order valence-corrected chi connectivity index (χ0v) is 16.2. The molecule has 140 valence electrons. The fourth-order valence-electron chi connectivity index (χ4n) is 2.46. The highest BCUT2D eigenvalue weighted by Gasteiger charge is 2.13. The van der Waals surface area contributed by atoms with Gasteiger partial charge in [0.2, 0.25) is 17.2 Å². The Hall–Kier alpha value is -3.53. The van der Waals surface area contributed by atoms with E-state index in [-0.39, 0.29) is 5.91 Å². The topological polar surface area (TPSA) is 118 Å². The molecule has 0 unspecified atom stereocenters. The van der Waals surface area contributed by atoms with Crippen LogP contribution in [0.4, 0.5) is 28.7 Å². The van der Waals surface area contributed by atoms with Crippen molar-refractivity contribution < 1.29 is 9.42 Å². The van der Waals surface area contributed by atoms with E-state index in [4.69, 9.17) is 4.63 Å². The van der Waals surface area contributed by atoms with Gasteiger partial charge < -0.3 is 16.0 Å². The van der Waals surface area contributed by atoms with E-state index in [2.05, 4.69) is 52.2 Å². The molecule has 0 saturated heterocycles. The molecule has 2 heterocycles. The van der Waals surface area contributed by atoms with E-state index in [1.807, 2.05) is 36.4 Å². The molecule has 9 nitrogen and oxygen atoms in total. The highest BCUT2D eigenvalue weighted by Crippen LogP contribution is 2.27. The second-order valence-electron chi connectivity index (χ2n) is 5.85. The average Bonchev–Trinajstić information content (AvgIpc) is 3.12. The summed E-state index contributed by atoms with van der Waals surface area (Å²) < 4.78 is 5.69. The number of hydrogen-bond donors (Lipinski definition) is 3. The number of aromatic nitrogens is 4. The smallest absolute Gasteiger partial charge is 0.245 e. The van der Waals surface area contributed by atoms with Crippen molar-refractivity contribution >= 4 is 61.8 Å². The normalized spacial score (nSPS) is 10.6. The van der Waals surface area contributed by atoms with Gasteiger partial charge in [-0.05, 0) is 58.8 Å². The third-order valence-electron chi connectivity index (χ3n) is 3.69. The first-order chi connectivity index (χ1) is 13.6. The zero-order valence-electron chi connectivity index (χ0n) is 14.6. The Morgan fingerprint density at radius 2 is 1.29 bits per heavy atom. The summed E-state index contributed by atoms with van der Waals surface area (Å²) in [7, 11) is 0. The van der Waals surface area contributed by atoms with Gasteiger partial charge in [0.1, 0.15) is 0 Å². The number of halogens is 1. The van der Waals surface area contributed by atoms with Crippen LogP contribution >= 0.6 is 15.9 Å². The van der Waals surface area contributed by atoms with Crippen molar-refractivity contribution in [3.63, 3.8) is 0 Å². The lowest BCUT2D eigenvalue weighted by Gasteiger charge is -2.12. The maximum Gasteiger partial charge on any atom is 0.245 e. The Balaban J connectivity index is 1.64. The van der Waals surface area contributed by atoms with Crippen LogP contribution < -0.4 is 16.0 Å². The lowest BCUT2D eigenvalue weighted by Crippen LogP contribution is -2.06. The summed E-state index contributed by atoms with van der Waals surface area (Å²) in [5.41, 5.74) is 2.88. The van der Waals surface area contributed by atoms with Crippen LogP contribution in [0.5, 0.6) is 0 Å². The predicted octanol–water partition coefficient (Wildman–Crippen LogP) is 4.22. The number of carbonyl (C=O) groups excluding carboxylic acids is 1. The maximum atomic E-state index is 11.1. The molecule has 0 saturated carbocycles. The summed E-state index contributed by atoms with van der Waals surface area (Å²) in [6.07, 6.45) is 0. The van der Waals surface area contributed by atoms with Crippen LogP contribution in [-0.2, 0) is 4.79 Å². The van der Waals surface area contributed by atoms with E-state index < -0.39 is 0 Å². The Bertz CT molecular complexity index is 1130. The SMILES string of the molecule is CC(=O)Nc1ccc(Nc2nc3nonc3nc2Nc2ccc(Br)cc2)cc1. The van der Waals surface area contributed by atoms with Crippen molar-refractivity contribution in [1.29, 1.82) is 0 Å². The fourth-order valence-corrected chi connectivity index (χ4v) is 2.72. The van der Waals surface area contributed by atoms with E-state index in [0.717, 1.165) is 15.8 Å². The molecule has 4 rings (SSSR count). The van der Waals surface area contributed by atoms with Gasteiger partial charge >= 0.3 is 0 Å². The molecule has 0 atom stereocenters. The molecule has 0 aliphatic heterocycles. The molecule has 2 aromatic carbocycles. The molecule has 0 aliphatic carbocycles. The Morgan fingerprint density at radius 1 is 0.821 bits per heavy atom. The molecular weight excluding hydrogens is 426 g/mol. The van der Waals surface area contributed by atoms with Crippen molar-refractivity contribution in [1.82, 2.24) is 20.3 Å². The third-order valence-corrected chi connectivity index (χ3v) is 4.22. The molecule has 0 radical (unpaired) electrons. The van der Waals surface area contributed by atoms with Crippen molar-refractivity contribution in [3.8, 4) is 0 Å². The van der Waals surface area contributed by atoms with Gasteiger partial charge in [-0.1, -0.05) is 15.9 Å². The first-order valence-electron chi connectivity index (χ1n) is 8.24. The van der Waals surface area contributed by atoms with Gasteiger partial charge in [0, 0.05) is 28.5 Å². The fraction of sp³-hybridized carbons (Fsp3) is 0.0556. The summed E-state index contributed by atoms with van der Waals surface area (Å²) in [6.45, 7) is 1.46. The first kappa shape index (κ1) is 17.9. The van der Waals surface area contributed by atoms with Crippen LogP contribution in [0.15, 0.2) is 57.6 Å². The molecule has 28 heavy (non-hydrogen) atoms. The van der Waals surface area contributed by atoms with Gasteiger partial charge in [-0.15, -0.1) is 0 Å². The third kappa shape index (κ3) is 4.07. The van der Waals surface area contributed by atoms with E-state index in [1.54, 1.807) is 12.1 Å². The predicted molar refractivity (Wildman–Crippen MR) is 109 cm³/mol. The highest BCUT2D eigenvalue weighted by atomic mass is 79.9. The summed E-state index contributed by atoms with van der Waals surface area (Å²) >= 11 is 3.41. The van der Waals surface area contributed by atoms with Crippen LogP contribution in [0.25, 0.3) is 11.3 Å². The molecule has 1 amide bonds. The van der Waals surface area contributed by atoms with Crippen molar-refractivity contribution in [2.75, 3.05) is 16.0 Å². The maximum absolute atomic E-state index is 11.1. The molecule has 0 fully saturated rings. The molecule has 2 aromatic heterocycles. The number of amides is 1. The highest BCUT2D eigenvalue weighted by molar-refractivity contribution is 9.10. The molecule has 10 heteroatoms. The number of fused-ring (bicyclic) bond motifs is 1. The summed E-state index contributed by atoms with van der Waals surface area (Å²) in [5.74, 6) is 0.798. The van der Waals surface area contributed by atoms with Crippen LogP contribution in [0.1, 0.15) is 6.92 Å². The van der Waals surface area contributed by atoms with Gasteiger partial charge in [0.15, 0.2) is 11.6 Å².